The van der Waals surface area contributed by atoms with Crippen LogP contribution in [-0.2, 0) is 16.0 Å². The zero-order chi connectivity index (χ0) is 16.1. The molecule has 0 aliphatic heterocycles. The SMILES string of the molecule is COc1ccc(NC(=O)[C@@H](C)c2nc(CC(=O)O)cs2)cc1. The van der Waals surface area contributed by atoms with E-state index in [1.54, 1.807) is 43.7 Å². The van der Waals surface area contributed by atoms with E-state index in [1.165, 1.54) is 11.3 Å². The van der Waals surface area contributed by atoms with Crippen LogP contribution in [-0.4, -0.2) is 29.1 Å². The number of benzene rings is 1. The number of hydrogen-bond donors (Lipinski definition) is 2. The zero-order valence-corrected chi connectivity index (χ0v) is 13.0. The second-order valence-electron chi connectivity index (χ2n) is 4.69. The Morgan fingerprint density at radius 1 is 1.36 bits per heavy atom. The molecule has 1 atom stereocenters. The van der Waals surface area contributed by atoms with E-state index >= 15 is 0 Å². The van der Waals surface area contributed by atoms with Crippen LogP contribution in [0.5, 0.6) is 5.75 Å². The first kappa shape index (κ1) is 16.0. The third kappa shape index (κ3) is 4.05. The second kappa shape index (κ2) is 7.04. The van der Waals surface area contributed by atoms with Crippen LogP contribution in [0.15, 0.2) is 29.6 Å². The Kier molecular flexibility index (Phi) is 5.11. The molecule has 0 saturated carbocycles. The molecule has 0 spiro atoms. The lowest BCUT2D eigenvalue weighted by atomic mass is 10.1. The van der Waals surface area contributed by atoms with Crippen LogP contribution in [0.4, 0.5) is 5.69 Å². The molecule has 1 amide bonds. The highest BCUT2D eigenvalue weighted by atomic mass is 32.1. The summed E-state index contributed by atoms with van der Waals surface area (Å²) in [6.07, 6.45) is -0.136. The summed E-state index contributed by atoms with van der Waals surface area (Å²) in [6, 6.07) is 7.02. The predicted octanol–water partition coefficient (Wildman–Crippen LogP) is 2.52. The van der Waals surface area contributed by atoms with Crippen molar-refractivity contribution in [3.05, 3.63) is 40.3 Å². The van der Waals surface area contributed by atoms with Gasteiger partial charge >= 0.3 is 5.97 Å². The molecule has 22 heavy (non-hydrogen) atoms. The van der Waals surface area contributed by atoms with Crippen LogP contribution < -0.4 is 10.1 Å². The van der Waals surface area contributed by atoms with Crippen molar-refractivity contribution < 1.29 is 19.4 Å². The lowest BCUT2D eigenvalue weighted by Crippen LogP contribution is -2.18. The molecule has 0 aliphatic carbocycles. The van der Waals surface area contributed by atoms with Crippen molar-refractivity contribution in [2.24, 2.45) is 0 Å². The predicted molar refractivity (Wildman–Crippen MR) is 83.5 cm³/mol. The van der Waals surface area contributed by atoms with Crippen LogP contribution in [0.3, 0.4) is 0 Å². The maximum absolute atomic E-state index is 12.2. The molecule has 1 aromatic heterocycles. The van der Waals surface area contributed by atoms with E-state index in [0.717, 1.165) is 0 Å². The Morgan fingerprint density at radius 3 is 2.64 bits per heavy atom. The lowest BCUT2D eigenvalue weighted by Gasteiger charge is -2.10. The third-order valence-corrected chi connectivity index (χ3v) is 4.10. The number of nitrogens with one attached hydrogen (secondary N) is 1. The molecule has 0 bridgehead atoms. The number of carboxylic acid groups (broad SMARTS) is 1. The molecule has 116 valence electrons. The topological polar surface area (TPSA) is 88.5 Å². The minimum Gasteiger partial charge on any atom is -0.497 e. The average molecular weight is 320 g/mol. The van der Waals surface area contributed by atoms with Crippen molar-refractivity contribution in [2.45, 2.75) is 19.3 Å². The number of amides is 1. The van der Waals surface area contributed by atoms with Gasteiger partial charge in [0.15, 0.2) is 0 Å². The van der Waals surface area contributed by atoms with Gasteiger partial charge in [0.05, 0.1) is 25.1 Å². The molecular formula is C15H16N2O4S. The number of carboxylic acids is 1. The Balaban J connectivity index is 2.01. The summed E-state index contributed by atoms with van der Waals surface area (Å²) < 4.78 is 5.06. The van der Waals surface area contributed by atoms with E-state index < -0.39 is 11.9 Å². The number of aromatic nitrogens is 1. The fourth-order valence-corrected chi connectivity index (χ4v) is 2.67. The lowest BCUT2D eigenvalue weighted by molar-refractivity contribution is -0.136. The van der Waals surface area contributed by atoms with E-state index in [9.17, 15) is 9.59 Å². The molecule has 1 heterocycles. The molecule has 1 aromatic carbocycles. The smallest absolute Gasteiger partial charge is 0.309 e. The standard InChI is InChI=1S/C15H16N2O4S/c1-9(15-17-11(8-22-15)7-13(18)19)14(20)16-10-3-5-12(21-2)6-4-10/h3-6,8-9H,7H2,1-2H3,(H,16,20)(H,18,19)/t9-/m1/s1. The summed E-state index contributed by atoms with van der Waals surface area (Å²) in [6.45, 7) is 1.74. The number of hydrogen-bond acceptors (Lipinski definition) is 5. The van der Waals surface area contributed by atoms with Crippen LogP contribution in [0.1, 0.15) is 23.5 Å². The summed E-state index contributed by atoms with van der Waals surface area (Å²) in [5, 5.41) is 13.8. The van der Waals surface area contributed by atoms with Crippen molar-refractivity contribution in [3.63, 3.8) is 0 Å². The Morgan fingerprint density at radius 2 is 2.05 bits per heavy atom. The summed E-state index contributed by atoms with van der Waals surface area (Å²) in [4.78, 5) is 27.1. The summed E-state index contributed by atoms with van der Waals surface area (Å²) in [7, 11) is 1.58. The van der Waals surface area contributed by atoms with Gasteiger partial charge in [0.1, 0.15) is 10.8 Å². The normalized spacial score (nSPS) is 11.7. The number of carbonyl (C=O) groups excluding carboxylic acids is 1. The molecule has 2 N–H and O–H groups in total. The quantitative estimate of drug-likeness (QED) is 0.854. The molecule has 0 aliphatic rings. The minimum absolute atomic E-state index is 0.136. The largest absolute Gasteiger partial charge is 0.497 e. The molecule has 0 saturated heterocycles. The van der Waals surface area contributed by atoms with Crippen LogP contribution >= 0.6 is 11.3 Å². The fraction of sp³-hybridized carbons (Fsp3) is 0.267. The third-order valence-electron chi connectivity index (χ3n) is 3.02. The fourth-order valence-electron chi connectivity index (χ4n) is 1.79. The molecule has 0 unspecified atom stereocenters. The second-order valence-corrected chi connectivity index (χ2v) is 5.58. The van der Waals surface area contributed by atoms with Gasteiger partial charge in [0.25, 0.3) is 0 Å². The van der Waals surface area contributed by atoms with Crippen molar-refractivity contribution >= 4 is 28.9 Å². The van der Waals surface area contributed by atoms with Gasteiger partial charge < -0.3 is 15.2 Å². The number of thiazole rings is 1. The number of carbonyl (C=O) groups is 2. The van der Waals surface area contributed by atoms with Gasteiger partial charge in [-0.3, -0.25) is 9.59 Å². The summed E-state index contributed by atoms with van der Waals surface area (Å²) >= 11 is 1.29. The van der Waals surface area contributed by atoms with Crippen molar-refractivity contribution in [3.8, 4) is 5.75 Å². The van der Waals surface area contributed by atoms with Crippen molar-refractivity contribution in [1.29, 1.82) is 0 Å². The Bertz CT molecular complexity index is 666. The minimum atomic E-state index is -0.938. The zero-order valence-electron chi connectivity index (χ0n) is 12.2. The number of methoxy groups -OCH3 is 1. The monoisotopic (exact) mass is 320 g/mol. The first-order valence-corrected chi connectivity index (χ1v) is 7.48. The summed E-state index contributed by atoms with van der Waals surface area (Å²) in [5.41, 5.74) is 1.14. The Labute approximate surface area is 131 Å². The number of ether oxygens (including phenoxy) is 1. The highest BCUT2D eigenvalue weighted by Crippen LogP contribution is 2.23. The van der Waals surface area contributed by atoms with E-state index in [1.807, 2.05) is 0 Å². The molecule has 6 nitrogen and oxygen atoms in total. The van der Waals surface area contributed by atoms with E-state index in [0.29, 0.717) is 22.1 Å². The van der Waals surface area contributed by atoms with Crippen LogP contribution in [0.25, 0.3) is 0 Å². The highest BCUT2D eigenvalue weighted by Gasteiger charge is 2.19. The number of nitrogens with zero attached hydrogens (tertiary/aromatic N) is 1. The van der Waals surface area contributed by atoms with E-state index in [4.69, 9.17) is 9.84 Å². The maximum Gasteiger partial charge on any atom is 0.309 e. The highest BCUT2D eigenvalue weighted by molar-refractivity contribution is 7.09. The van der Waals surface area contributed by atoms with Gasteiger partial charge in [0, 0.05) is 11.1 Å². The van der Waals surface area contributed by atoms with Gasteiger partial charge in [-0.1, -0.05) is 0 Å². The average Bonchev–Trinajstić information content (AvgIpc) is 2.94. The van der Waals surface area contributed by atoms with Crippen LogP contribution in [0.2, 0.25) is 0 Å². The van der Waals surface area contributed by atoms with E-state index in [-0.39, 0.29) is 12.3 Å². The molecule has 2 aromatic rings. The van der Waals surface area contributed by atoms with E-state index in [2.05, 4.69) is 10.3 Å². The van der Waals surface area contributed by atoms with Gasteiger partial charge in [-0.05, 0) is 31.2 Å². The molecular weight excluding hydrogens is 304 g/mol. The van der Waals surface area contributed by atoms with Crippen molar-refractivity contribution in [2.75, 3.05) is 12.4 Å². The summed E-state index contributed by atoms with van der Waals surface area (Å²) in [5.74, 6) is -0.868. The Hall–Kier alpha value is -2.41. The first-order chi connectivity index (χ1) is 10.5. The number of anilines is 1. The number of rotatable bonds is 6. The van der Waals surface area contributed by atoms with Gasteiger partial charge in [-0.25, -0.2) is 4.98 Å². The molecule has 0 fully saturated rings. The van der Waals surface area contributed by atoms with Gasteiger partial charge in [0.2, 0.25) is 5.91 Å². The van der Waals surface area contributed by atoms with Gasteiger partial charge in [-0.2, -0.15) is 0 Å². The van der Waals surface area contributed by atoms with Crippen molar-refractivity contribution in [1.82, 2.24) is 4.98 Å². The molecule has 0 radical (unpaired) electrons. The number of aliphatic carboxylic acids is 1. The van der Waals surface area contributed by atoms with Crippen LogP contribution in [0, 0.1) is 0 Å². The first-order valence-electron chi connectivity index (χ1n) is 6.60. The maximum atomic E-state index is 12.2. The molecule has 2 rings (SSSR count). The van der Waals surface area contributed by atoms with Gasteiger partial charge in [-0.15, -0.1) is 11.3 Å². The molecule has 7 heteroatoms.